The van der Waals surface area contributed by atoms with E-state index in [1.807, 2.05) is 0 Å². The van der Waals surface area contributed by atoms with Crippen LogP contribution in [0.4, 0.5) is 0 Å². The second-order valence-corrected chi connectivity index (χ2v) is 6.70. The van der Waals surface area contributed by atoms with E-state index in [4.69, 9.17) is 5.11 Å². The zero-order chi connectivity index (χ0) is 13.1. The highest BCUT2D eigenvalue weighted by atomic mass is 16.4. The molecule has 5 nitrogen and oxygen atoms in total. The number of aromatic nitrogens is 3. The third-order valence-electron chi connectivity index (χ3n) is 5.62. The minimum absolute atomic E-state index is 0.0730. The molecule has 0 radical (unpaired) electrons. The molecule has 0 unspecified atom stereocenters. The number of rotatable bonds is 2. The van der Waals surface area contributed by atoms with E-state index in [1.54, 1.807) is 11.6 Å². The largest absolute Gasteiger partial charge is 0.475 e. The molecule has 0 aliphatic heterocycles. The number of aromatic carboxylic acids is 1. The normalized spacial score (nSPS) is 39.7. The van der Waals surface area contributed by atoms with Crippen LogP contribution in [0.5, 0.6) is 0 Å². The van der Waals surface area contributed by atoms with Crippen LogP contribution in [0.25, 0.3) is 0 Å². The van der Waals surface area contributed by atoms with Crippen LogP contribution in [0.2, 0.25) is 0 Å². The molecular weight excluding hydrogens is 242 g/mol. The zero-order valence-corrected chi connectivity index (χ0v) is 11.1. The van der Waals surface area contributed by atoms with Crippen LogP contribution in [-0.4, -0.2) is 25.8 Å². The summed E-state index contributed by atoms with van der Waals surface area (Å²) >= 11 is 0. The number of carbonyl (C=O) groups is 1. The Morgan fingerprint density at radius 2 is 1.68 bits per heavy atom. The monoisotopic (exact) mass is 261 g/mol. The Bertz CT molecular complexity index is 509. The zero-order valence-electron chi connectivity index (χ0n) is 11.1. The SMILES string of the molecule is Cn1c(C(=O)O)nnc1C1C2CC3CC(C2)CC1C3. The number of carboxylic acids is 1. The molecule has 1 heterocycles. The van der Waals surface area contributed by atoms with Gasteiger partial charge in [-0.15, -0.1) is 10.2 Å². The van der Waals surface area contributed by atoms with E-state index in [0.717, 1.165) is 17.7 Å². The maximum Gasteiger partial charge on any atom is 0.374 e. The molecular formula is C14H19N3O2. The molecule has 4 aliphatic rings. The highest BCUT2D eigenvalue weighted by Gasteiger charge is 2.50. The van der Waals surface area contributed by atoms with Crippen LogP contribution < -0.4 is 0 Å². The Morgan fingerprint density at radius 1 is 1.11 bits per heavy atom. The molecule has 0 atom stereocenters. The van der Waals surface area contributed by atoms with E-state index in [9.17, 15) is 4.79 Å². The van der Waals surface area contributed by atoms with Crippen LogP contribution in [0.15, 0.2) is 0 Å². The molecule has 0 spiro atoms. The van der Waals surface area contributed by atoms with Crippen LogP contribution in [-0.2, 0) is 7.05 Å². The van der Waals surface area contributed by atoms with Crippen molar-refractivity contribution in [1.29, 1.82) is 0 Å². The molecule has 19 heavy (non-hydrogen) atoms. The molecule has 5 heteroatoms. The summed E-state index contributed by atoms with van der Waals surface area (Å²) in [6.07, 6.45) is 6.68. The first-order valence-corrected chi connectivity index (χ1v) is 7.26. The van der Waals surface area contributed by atoms with Crippen molar-refractivity contribution >= 4 is 5.97 Å². The average molecular weight is 261 g/mol. The number of hydrogen-bond acceptors (Lipinski definition) is 3. The number of carboxylic acid groups (broad SMARTS) is 1. The maximum atomic E-state index is 11.1. The van der Waals surface area contributed by atoms with E-state index in [-0.39, 0.29) is 5.82 Å². The maximum absolute atomic E-state index is 11.1. The van der Waals surface area contributed by atoms with Gasteiger partial charge in [0.25, 0.3) is 0 Å². The Morgan fingerprint density at radius 3 is 2.16 bits per heavy atom. The van der Waals surface area contributed by atoms with Gasteiger partial charge in [0, 0.05) is 13.0 Å². The van der Waals surface area contributed by atoms with E-state index in [1.165, 1.54) is 32.1 Å². The highest BCUT2D eigenvalue weighted by molar-refractivity contribution is 5.83. The van der Waals surface area contributed by atoms with Crippen molar-refractivity contribution in [2.24, 2.45) is 30.7 Å². The standard InChI is InChI=1S/C14H19N3O2/c1-17-12(15-16-13(17)14(18)19)11-9-3-7-2-8(5-9)6-10(11)4-7/h7-11H,2-6H2,1H3,(H,18,19). The molecule has 4 bridgehead atoms. The Kier molecular flexibility index (Phi) is 2.29. The van der Waals surface area contributed by atoms with E-state index in [2.05, 4.69) is 10.2 Å². The molecule has 102 valence electrons. The van der Waals surface area contributed by atoms with Gasteiger partial charge in [-0.3, -0.25) is 0 Å². The lowest BCUT2D eigenvalue weighted by molar-refractivity contribution is -0.00668. The molecule has 4 fully saturated rings. The minimum atomic E-state index is -0.981. The third-order valence-corrected chi connectivity index (χ3v) is 5.62. The van der Waals surface area contributed by atoms with Crippen molar-refractivity contribution in [3.8, 4) is 0 Å². The molecule has 1 N–H and O–H groups in total. The quantitative estimate of drug-likeness (QED) is 0.884. The van der Waals surface area contributed by atoms with Gasteiger partial charge in [-0.2, -0.15) is 0 Å². The second kappa shape index (κ2) is 3.81. The average Bonchev–Trinajstić information content (AvgIpc) is 2.70. The molecule has 0 aromatic carbocycles. The predicted molar refractivity (Wildman–Crippen MR) is 67.7 cm³/mol. The molecule has 4 aliphatic carbocycles. The van der Waals surface area contributed by atoms with Crippen molar-refractivity contribution in [2.45, 2.75) is 38.0 Å². The molecule has 4 saturated carbocycles. The van der Waals surface area contributed by atoms with Gasteiger partial charge in [0.05, 0.1) is 0 Å². The van der Waals surface area contributed by atoms with Crippen molar-refractivity contribution in [3.05, 3.63) is 11.6 Å². The predicted octanol–water partition coefficient (Wildman–Crippen LogP) is 2.05. The van der Waals surface area contributed by atoms with Gasteiger partial charge in [-0.25, -0.2) is 4.79 Å². The summed E-state index contributed by atoms with van der Waals surface area (Å²) in [6, 6.07) is 0. The minimum Gasteiger partial charge on any atom is -0.475 e. The first-order chi connectivity index (χ1) is 9.13. The molecule has 1 aromatic heterocycles. The van der Waals surface area contributed by atoms with Crippen molar-refractivity contribution in [2.75, 3.05) is 0 Å². The summed E-state index contributed by atoms with van der Waals surface area (Å²) in [7, 11) is 1.80. The first-order valence-electron chi connectivity index (χ1n) is 7.26. The van der Waals surface area contributed by atoms with Crippen molar-refractivity contribution in [3.63, 3.8) is 0 Å². The first kappa shape index (κ1) is 11.4. The third kappa shape index (κ3) is 1.56. The van der Waals surface area contributed by atoms with Crippen LogP contribution in [0.1, 0.15) is 54.5 Å². The van der Waals surface area contributed by atoms with Gasteiger partial charge in [0.1, 0.15) is 5.82 Å². The van der Waals surface area contributed by atoms with Crippen molar-refractivity contribution in [1.82, 2.24) is 14.8 Å². The summed E-state index contributed by atoms with van der Waals surface area (Å²) in [6.45, 7) is 0. The lowest BCUT2D eigenvalue weighted by Gasteiger charge is -2.53. The highest BCUT2D eigenvalue weighted by Crippen LogP contribution is 2.59. The van der Waals surface area contributed by atoms with Gasteiger partial charge in [-0.1, -0.05) is 0 Å². The van der Waals surface area contributed by atoms with E-state index >= 15 is 0 Å². The fourth-order valence-corrected chi connectivity index (χ4v) is 5.16. The Labute approximate surface area is 112 Å². The second-order valence-electron chi connectivity index (χ2n) is 6.70. The summed E-state index contributed by atoms with van der Waals surface area (Å²) in [5.74, 6) is 3.71. The Hall–Kier alpha value is -1.39. The lowest BCUT2D eigenvalue weighted by atomic mass is 9.51. The molecule has 5 rings (SSSR count). The number of nitrogens with zero attached hydrogens (tertiary/aromatic N) is 3. The van der Waals surface area contributed by atoms with E-state index < -0.39 is 5.97 Å². The molecule has 0 saturated heterocycles. The van der Waals surface area contributed by atoms with Crippen molar-refractivity contribution < 1.29 is 9.90 Å². The van der Waals surface area contributed by atoms with Gasteiger partial charge in [0.15, 0.2) is 0 Å². The van der Waals surface area contributed by atoms with Gasteiger partial charge < -0.3 is 9.67 Å². The summed E-state index contributed by atoms with van der Waals surface area (Å²) in [5.41, 5.74) is 0. The summed E-state index contributed by atoms with van der Waals surface area (Å²) in [5, 5.41) is 17.2. The fraction of sp³-hybridized carbons (Fsp3) is 0.786. The summed E-state index contributed by atoms with van der Waals surface area (Å²) < 4.78 is 1.70. The Balaban J connectivity index is 1.71. The smallest absolute Gasteiger partial charge is 0.374 e. The fourth-order valence-electron chi connectivity index (χ4n) is 5.16. The van der Waals surface area contributed by atoms with Crippen LogP contribution >= 0.6 is 0 Å². The number of hydrogen-bond donors (Lipinski definition) is 1. The summed E-state index contributed by atoms with van der Waals surface area (Å²) in [4.78, 5) is 11.1. The van der Waals surface area contributed by atoms with E-state index in [0.29, 0.717) is 17.8 Å². The van der Waals surface area contributed by atoms with Gasteiger partial charge in [-0.05, 0) is 55.8 Å². The van der Waals surface area contributed by atoms with Crippen LogP contribution in [0, 0.1) is 23.7 Å². The van der Waals surface area contributed by atoms with Gasteiger partial charge >= 0.3 is 5.97 Å². The molecule has 0 amide bonds. The molecule has 1 aromatic rings. The van der Waals surface area contributed by atoms with Gasteiger partial charge in [0.2, 0.25) is 5.82 Å². The lowest BCUT2D eigenvalue weighted by Crippen LogP contribution is -2.44. The van der Waals surface area contributed by atoms with Crippen LogP contribution in [0.3, 0.4) is 0 Å². The topological polar surface area (TPSA) is 68.0 Å².